The van der Waals surface area contributed by atoms with Crippen LogP contribution in [0.5, 0.6) is 11.5 Å². The van der Waals surface area contributed by atoms with Crippen LogP contribution in [0.2, 0.25) is 0 Å². The Labute approximate surface area is 198 Å². The van der Waals surface area contributed by atoms with Crippen LogP contribution in [-0.4, -0.2) is 21.2 Å². The van der Waals surface area contributed by atoms with Crippen molar-refractivity contribution in [2.75, 3.05) is 5.32 Å². The van der Waals surface area contributed by atoms with E-state index in [0.29, 0.717) is 34.7 Å². The number of para-hydroxylation sites is 1. The highest BCUT2D eigenvalue weighted by Gasteiger charge is 2.35. The molecule has 1 atom stereocenters. The van der Waals surface area contributed by atoms with Gasteiger partial charge in [0.05, 0.1) is 16.6 Å². The predicted octanol–water partition coefficient (Wildman–Crippen LogP) is 5.34. The Morgan fingerprint density at radius 3 is 2.65 bits per heavy atom. The van der Waals surface area contributed by atoms with Gasteiger partial charge in [0.15, 0.2) is 16.3 Å². The highest BCUT2D eigenvalue weighted by atomic mass is 32.1. The van der Waals surface area contributed by atoms with Crippen molar-refractivity contribution in [3.05, 3.63) is 87.2 Å². The number of rotatable bonds is 4. The summed E-state index contributed by atoms with van der Waals surface area (Å²) in [4.78, 5) is 28.9. The fraction of sp³-hybridized carbons (Fsp3) is 0.160. The predicted molar refractivity (Wildman–Crippen MR) is 129 cm³/mol. The molecule has 1 aliphatic heterocycles. The normalized spacial score (nSPS) is 16.6. The summed E-state index contributed by atoms with van der Waals surface area (Å²) in [6.07, 6.45) is 0.667. The van der Waals surface area contributed by atoms with Gasteiger partial charge in [-0.15, -0.1) is 0 Å². The standard InChI is InChI=1S/C25H20FN3O4S/c1-3-25(2)32-20-11-9-15(13-21(20)33-25)27-22(30)14-8-10-16-18(12-14)28-24(34)29(23(16)31)19-7-5-4-6-17(19)26/h4-13H,3H2,1-2H3,(H,27,30)(H,28,34). The van der Waals surface area contributed by atoms with Gasteiger partial charge in [0.2, 0.25) is 5.79 Å². The van der Waals surface area contributed by atoms with Crippen LogP contribution in [0.25, 0.3) is 16.6 Å². The zero-order chi connectivity index (χ0) is 24.0. The Balaban J connectivity index is 1.46. The van der Waals surface area contributed by atoms with Gasteiger partial charge in [-0.25, -0.2) is 8.96 Å². The van der Waals surface area contributed by atoms with Crippen molar-refractivity contribution in [2.24, 2.45) is 0 Å². The summed E-state index contributed by atoms with van der Waals surface area (Å²) in [7, 11) is 0. The summed E-state index contributed by atoms with van der Waals surface area (Å²) in [5.41, 5.74) is 0.803. The van der Waals surface area contributed by atoms with Crippen molar-refractivity contribution >= 4 is 34.7 Å². The Morgan fingerprint density at radius 1 is 1.12 bits per heavy atom. The van der Waals surface area contributed by atoms with Crippen LogP contribution in [-0.2, 0) is 0 Å². The number of carbonyl (C=O) groups is 1. The Morgan fingerprint density at radius 2 is 1.88 bits per heavy atom. The van der Waals surface area contributed by atoms with Crippen LogP contribution >= 0.6 is 12.2 Å². The first kappa shape index (κ1) is 21.8. The number of nitrogens with zero attached hydrogens (tertiary/aromatic N) is 1. The van der Waals surface area contributed by atoms with Crippen molar-refractivity contribution in [3.63, 3.8) is 0 Å². The lowest BCUT2D eigenvalue weighted by Gasteiger charge is -2.20. The fourth-order valence-corrected chi connectivity index (χ4v) is 4.09. The highest BCUT2D eigenvalue weighted by Crippen LogP contribution is 2.42. The number of benzene rings is 3. The fourth-order valence-electron chi connectivity index (χ4n) is 3.79. The average molecular weight is 478 g/mol. The van der Waals surface area contributed by atoms with Crippen molar-refractivity contribution in [1.29, 1.82) is 0 Å². The third-order valence-corrected chi connectivity index (χ3v) is 6.03. The summed E-state index contributed by atoms with van der Waals surface area (Å²) in [5.74, 6) is -0.499. The molecule has 7 nitrogen and oxygen atoms in total. The summed E-state index contributed by atoms with van der Waals surface area (Å²) in [6, 6.07) is 15.6. The van der Waals surface area contributed by atoms with E-state index >= 15 is 0 Å². The molecule has 5 rings (SSSR count). The van der Waals surface area contributed by atoms with E-state index in [-0.39, 0.29) is 21.8 Å². The van der Waals surface area contributed by atoms with Crippen LogP contribution in [0.15, 0.2) is 65.5 Å². The van der Waals surface area contributed by atoms with Crippen molar-refractivity contribution in [2.45, 2.75) is 26.1 Å². The molecule has 1 unspecified atom stereocenters. The minimum absolute atomic E-state index is 0.0231. The average Bonchev–Trinajstić information content (AvgIpc) is 3.16. The topological polar surface area (TPSA) is 85.4 Å². The number of amides is 1. The molecule has 0 bridgehead atoms. The van der Waals surface area contributed by atoms with Crippen LogP contribution in [0, 0.1) is 10.6 Å². The van der Waals surface area contributed by atoms with E-state index in [9.17, 15) is 14.0 Å². The van der Waals surface area contributed by atoms with E-state index in [1.807, 2.05) is 13.8 Å². The first-order valence-corrected chi connectivity index (χ1v) is 11.1. The molecule has 0 radical (unpaired) electrons. The first-order valence-electron chi connectivity index (χ1n) is 10.7. The number of aromatic amines is 1. The molecule has 1 aliphatic rings. The largest absolute Gasteiger partial charge is 0.449 e. The molecule has 0 saturated heterocycles. The first-order chi connectivity index (χ1) is 16.3. The second-order valence-electron chi connectivity index (χ2n) is 8.09. The number of anilines is 1. The van der Waals surface area contributed by atoms with E-state index in [1.54, 1.807) is 24.3 Å². The van der Waals surface area contributed by atoms with Gasteiger partial charge >= 0.3 is 0 Å². The molecule has 172 valence electrons. The minimum Gasteiger partial charge on any atom is -0.449 e. The molecule has 2 heterocycles. The Bertz CT molecular complexity index is 1580. The molecule has 0 fully saturated rings. The van der Waals surface area contributed by atoms with Crippen molar-refractivity contribution < 1.29 is 18.7 Å². The maximum Gasteiger partial charge on any atom is 0.266 e. The number of ether oxygens (including phenoxy) is 2. The molecular weight excluding hydrogens is 457 g/mol. The van der Waals surface area contributed by atoms with E-state index in [0.717, 1.165) is 4.57 Å². The maximum absolute atomic E-state index is 14.3. The third-order valence-electron chi connectivity index (χ3n) is 5.75. The Hall–Kier alpha value is -3.98. The maximum atomic E-state index is 14.3. The quantitative estimate of drug-likeness (QED) is 0.388. The summed E-state index contributed by atoms with van der Waals surface area (Å²) >= 11 is 5.31. The van der Waals surface area contributed by atoms with Gasteiger partial charge in [-0.3, -0.25) is 9.59 Å². The molecule has 0 saturated carbocycles. The minimum atomic E-state index is -0.726. The number of hydrogen-bond acceptors (Lipinski definition) is 5. The van der Waals surface area contributed by atoms with Crippen LogP contribution in [0.3, 0.4) is 0 Å². The van der Waals surface area contributed by atoms with E-state index in [1.165, 1.54) is 36.4 Å². The van der Waals surface area contributed by atoms with E-state index in [4.69, 9.17) is 21.7 Å². The van der Waals surface area contributed by atoms with Crippen LogP contribution in [0.1, 0.15) is 30.6 Å². The van der Waals surface area contributed by atoms with Gasteiger partial charge in [0.1, 0.15) is 5.82 Å². The van der Waals surface area contributed by atoms with Crippen molar-refractivity contribution in [1.82, 2.24) is 9.55 Å². The smallest absolute Gasteiger partial charge is 0.266 e. The molecule has 1 amide bonds. The summed E-state index contributed by atoms with van der Waals surface area (Å²) < 4.78 is 27.1. The number of aromatic nitrogens is 2. The molecule has 3 aromatic carbocycles. The number of hydrogen-bond donors (Lipinski definition) is 2. The molecule has 2 N–H and O–H groups in total. The van der Waals surface area contributed by atoms with Gasteiger partial charge < -0.3 is 19.8 Å². The van der Waals surface area contributed by atoms with E-state index < -0.39 is 17.2 Å². The Kier molecular flexibility index (Phi) is 5.21. The number of nitrogens with one attached hydrogen (secondary N) is 2. The van der Waals surface area contributed by atoms with Crippen molar-refractivity contribution in [3.8, 4) is 17.2 Å². The zero-order valence-corrected chi connectivity index (χ0v) is 19.2. The molecule has 1 aromatic heterocycles. The van der Waals surface area contributed by atoms with Crippen LogP contribution in [0.4, 0.5) is 10.1 Å². The lowest BCUT2D eigenvalue weighted by molar-refractivity contribution is -0.0640. The number of fused-ring (bicyclic) bond motifs is 2. The lowest BCUT2D eigenvalue weighted by atomic mass is 10.1. The van der Waals surface area contributed by atoms with Gasteiger partial charge in [-0.2, -0.15) is 0 Å². The third kappa shape index (κ3) is 3.73. The molecule has 9 heteroatoms. The molecule has 0 spiro atoms. The SMILES string of the molecule is CCC1(C)Oc2ccc(NC(=O)c3ccc4c(=O)n(-c5ccccc5F)c(=S)[nH]c4c3)cc2O1. The number of halogens is 1. The van der Waals surface area contributed by atoms with Gasteiger partial charge in [-0.1, -0.05) is 19.1 Å². The second kappa shape index (κ2) is 8.11. The lowest BCUT2D eigenvalue weighted by Crippen LogP contribution is -2.33. The highest BCUT2D eigenvalue weighted by molar-refractivity contribution is 7.71. The molecule has 34 heavy (non-hydrogen) atoms. The molecule has 4 aromatic rings. The van der Waals surface area contributed by atoms with Crippen LogP contribution < -0.4 is 20.3 Å². The number of carbonyl (C=O) groups excluding carboxylic acids is 1. The van der Waals surface area contributed by atoms with Gasteiger partial charge in [0.25, 0.3) is 11.5 Å². The van der Waals surface area contributed by atoms with E-state index in [2.05, 4.69) is 10.3 Å². The molecular formula is C25H20FN3O4S. The number of H-pyrrole nitrogens is 1. The van der Waals surface area contributed by atoms with Gasteiger partial charge in [0, 0.05) is 30.7 Å². The summed E-state index contributed by atoms with van der Waals surface area (Å²) in [5, 5.41) is 3.10. The molecule has 0 aliphatic carbocycles. The second-order valence-corrected chi connectivity index (χ2v) is 8.48. The zero-order valence-electron chi connectivity index (χ0n) is 18.3. The monoisotopic (exact) mass is 477 g/mol. The van der Waals surface area contributed by atoms with Gasteiger partial charge in [-0.05, 0) is 54.7 Å². The summed E-state index contributed by atoms with van der Waals surface area (Å²) in [6.45, 7) is 3.81.